The number of ether oxygens (including phenoxy) is 3. The molecule has 2 aromatic heterocycles. The molecule has 194 valence electrons. The van der Waals surface area contributed by atoms with Crippen LogP contribution in [0.1, 0.15) is 13.3 Å². The Morgan fingerprint density at radius 1 is 1.17 bits per heavy atom. The Hall–Kier alpha value is -2.26. The molecule has 1 aliphatic heterocycles. The first kappa shape index (κ1) is 26.8. The lowest BCUT2D eigenvalue weighted by Gasteiger charge is -2.33. The van der Waals surface area contributed by atoms with Crippen LogP contribution in [0.2, 0.25) is 0 Å². The Labute approximate surface area is 230 Å². The number of carbonyl (C=O) groups excluding carboxylic acids is 1. The summed E-state index contributed by atoms with van der Waals surface area (Å²) in [7, 11) is 4.95. The van der Waals surface area contributed by atoms with E-state index in [0.29, 0.717) is 60.2 Å². The van der Waals surface area contributed by atoms with E-state index in [0.717, 1.165) is 12.2 Å². The summed E-state index contributed by atoms with van der Waals surface area (Å²) in [6.07, 6.45) is 2.18. The molecule has 3 aromatic rings. The Morgan fingerprint density at radius 2 is 1.94 bits per heavy atom. The average molecular weight is 646 g/mol. The standard InChI is InChI=1S/C23H28IN5O5S2/c1-16-9-13-34-23(30)27(16)10-15-36-28(11-14-35-24)22-26-25-21(19-8-5-12-33-19)29(22)20-17(31-2)6-4-7-18(20)32-3/h4-8,12,16H,9-11,13-15H2,1-3H3/t16-/m1/s1. The first-order valence-electron chi connectivity index (χ1n) is 11.4. The van der Waals surface area contributed by atoms with Crippen LogP contribution in [0.3, 0.4) is 0 Å². The second-order valence-corrected chi connectivity index (χ2v) is 11.4. The van der Waals surface area contributed by atoms with Crippen LogP contribution < -0.4 is 13.8 Å². The van der Waals surface area contributed by atoms with E-state index in [9.17, 15) is 4.79 Å². The van der Waals surface area contributed by atoms with Gasteiger partial charge in [-0.25, -0.2) is 4.79 Å². The van der Waals surface area contributed by atoms with Gasteiger partial charge in [0, 0.05) is 37.1 Å². The van der Waals surface area contributed by atoms with Gasteiger partial charge in [-0.15, -0.1) is 10.2 Å². The minimum absolute atomic E-state index is 0.150. The predicted octanol–water partition coefficient (Wildman–Crippen LogP) is 5.31. The second kappa shape index (κ2) is 12.8. The van der Waals surface area contributed by atoms with Crippen LogP contribution in [0.25, 0.3) is 17.3 Å². The van der Waals surface area contributed by atoms with Crippen molar-refractivity contribution in [3.8, 4) is 28.8 Å². The van der Waals surface area contributed by atoms with Crippen molar-refractivity contribution in [2.24, 2.45) is 0 Å². The van der Waals surface area contributed by atoms with E-state index in [1.54, 1.807) is 46.3 Å². The molecule has 1 amide bonds. The van der Waals surface area contributed by atoms with Crippen molar-refractivity contribution in [2.75, 3.05) is 49.7 Å². The molecule has 0 spiro atoms. The van der Waals surface area contributed by atoms with Gasteiger partial charge in [0.15, 0.2) is 5.76 Å². The van der Waals surface area contributed by atoms with Crippen molar-refractivity contribution >= 4 is 54.1 Å². The second-order valence-electron chi connectivity index (χ2n) is 7.84. The summed E-state index contributed by atoms with van der Waals surface area (Å²) < 4.78 is 26.3. The SMILES string of the molecule is COc1cccc(OC)c1-n1c(-c2ccco2)nnc1N(CCSI)SCCN1C(=O)OCC[C@H]1C. The number of hydrogen-bond donors (Lipinski definition) is 0. The van der Waals surface area contributed by atoms with Crippen LogP contribution >= 0.6 is 42.1 Å². The van der Waals surface area contributed by atoms with E-state index in [1.165, 1.54) is 0 Å². The molecule has 1 atom stereocenters. The maximum absolute atomic E-state index is 12.2. The van der Waals surface area contributed by atoms with Crippen LogP contribution in [0, 0.1) is 0 Å². The van der Waals surface area contributed by atoms with Gasteiger partial charge in [0.1, 0.15) is 17.2 Å². The summed E-state index contributed by atoms with van der Waals surface area (Å²) >= 11 is 3.88. The minimum atomic E-state index is -0.259. The van der Waals surface area contributed by atoms with Gasteiger partial charge in [-0.3, -0.25) is 8.87 Å². The molecule has 0 radical (unpaired) electrons. The molecule has 10 nitrogen and oxygen atoms in total. The van der Waals surface area contributed by atoms with Gasteiger partial charge < -0.3 is 23.5 Å². The lowest BCUT2D eigenvalue weighted by molar-refractivity contribution is 0.0522. The molecule has 1 saturated heterocycles. The molecule has 0 N–H and O–H groups in total. The van der Waals surface area contributed by atoms with Crippen molar-refractivity contribution in [2.45, 2.75) is 19.4 Å². The molecule has 3 heterocycles. The van der Waals surface area contributed by atoms with Crippen molar-refractivity contribution in [1.82, 2.24) is 19.7 Å². The van der Waals surface area contributed by atoms with Gasteiger partial charge in [0.2, 0.25) is 11.8 Å². The quantitative estimate of drug-likeness (QED) is 0.191. The Bertz CT molecular complexity index is 1120. The highest BCUT2D eigenvalue weighted by Crippen LogP contribution is 2.39. The number of amides is 1. The molecule has 0 bridgehead atoms. The van der Waals surface area contributed by atoms with Crippen LogP contribution in [0.5, 0.6) is 11.5 Å². The fourth-order valence-electron chi connectivity index (χ4n) is 3.90. The van der Waals surface area contributed by atoms with E-state index < -0.39 is 0 Å². The Morgan fingerprint density at radius 3 is 2.58 bits per heavy atom. The van der Waals surface area contributed by atoms with Crippen molar-refractivity contribution in [3.05, 3.63) is 36.6 Å². The topological polar surface area (TPSA) is 95.1 Å². The van der Waals surface area contributed by atoms with Gasteiger partial charge in [0.05, 0.1) is 27.1 Å². The van der Waals surface area contributed by atoms with Crippen LogP contribution in [-0.4, -0.2) is 77.2 Å². The summed E-state index contributed by atoms with van der Waals surface area (Å²) in [5.41, 5.74) is 0.676. The third-order valence-electron chi connectivity index (χ3n) is 5.71. The van der Waals surface area contributed by atoms with Crippen molar-refractivity contribution in [1.29, 1.82) is 0 Å². The minimum Gasteiger partial charge on any atom is -0.494 e. The molecule has 13 heteroatoms. The number of hydrogen-bond acceptors (Lipinski definition) is 10. The number of nitrogens with zero attached hydrogens (tertiary/aromatic N) is 5. The number of halogens is 1. The summed E-state index contributed by atoms with van der Waals surface area (Å²) in [5, 5.41) is 9.07. The van der Waals surface area contributed by atoms with Gasteiger partial charge in [0.25, 0.3) is 0 Å². The highest BCUT2D eigenvalue weighted by atomic mass is 127. The third-order valence-corrected chi connectivity index (χ3v) is 8.40. The number of carbonyl (C=O) groups is 1. The number of aromatic nitrogens is 3. The van der Waals surface area contributed by atoms with E-state index in [1.807, 2.05) is 34.9 Å². The first-order valence-corrected chi connectivity index (χ1v) is 15.8. The van der Waals surface area contributed by atoms with Crippen LogP contribution in [-0.2, 0) is 4.74 Å². The van der Waals surface area contributed by atoms with Gasteiger partial charge in [-0.2, -0.15) is 0 Å². The first-order chi connectivity index (χ1) is 17.6. The number of furan rings is 1. The van der Waals surface area contributed by atoms with E-state index in [4.69, 9.17) is 18.6 Å². The highest BCUT2D eigenvalue weighted by Gasteiger charge is 2.29. The monoisotopic (exact) mass is 645 g/mol. The zero-order chi connectivity index (χ0) is 25.5. The maximum Gasteiger partial charge on any atom is 0.410 e. The highest BCUT2D eigenvalue weighted by molar-refractivity contribution is 14.2. The van der Waals surface area contributed by atoms with E-state index in [2.05, 4.69) is 42.6 Å². The molecular formula is C23H28IN5O5S2. The number of cyclic esters (lactones) is 1. The number of methoxy groups -OCH3 is 2. The van der Waals surface area contributed by atoms with E-state index in [-0.39, 0.29) is 12.1 Å². The summed E-state index contributed by atoms with van der Waals surface area (Å²) in [5.74, 6) is 4.45. The zero-order valence-corrected chi connectivity index (χ0v) is 24.0. The number of anilines is 1. The predicted molar refractivity (Wildman–Crippen MR) is 151 cm³/mol. The van der Waals surface area contributed by atoms with Crippen LogP contribution in [0.4, 0.5) is 10.7 Å². The Kier molecular flexibility index (Phi) is 9.53. The maximum atomic E-state index is 12.2. The third kappa shape index (κ3) is 5.83. The number of benzene rings is 1. The molecule has 4 rings (SSSR count). The smallest absolute Gasteiger partial charge is 0.410 e. The molecule has 1 aromatic carbocycles. The fraction of sp³-hybridized carbons (Fsp3) is 0.435. The summed E-state index contributed by atoms with van der Waals surface area (Å²) in [6.45, 7) is 3.79. The normalized spacial score (nSPS) is 15.6. The van der Waals surface area contributed by atoms with Crippen LogP contribution in [0.15, 0.2) is 41.0 Å². The molecular weight excluding hydrogens is 617 g/mol. The molecule has 0 unspecified atom stereocenters. The zero-order valence-electron chi connectivity index (χ0n) is 20.3. The summed E-state index contributed by atoms with van der Waals surface area (Å²) in [6, 6.07) is 9.41. The molecule has 0 aliphatic carbocycles. The lowest BCUT2D eigenvalue weighted by Crippen LogP contribution is -2.45. The largest absolute Gasteiger partial charge is 0.494 e. The van der Waals surface area contributed by atoms with Gasteiger partial charge >= 0.3 is 6.09 Å². The number of para-hydroxylation sites is 1. The van der Waals surface area contributed by atoms with Crippen molar-refractivity contribution in [3.63, 3.8) is 0 Å². The van der Waals surface area contributed by atoms with Gasteiger partial charge in [-0.05, 0) is 64.3 Å². The Balaban J connectivity index is 1.72. The number of rotatable bonds is 12. The fourth-order valence-corrected chi connectivity index (χ4v) is 5.81. The molecule has 36 heavy (non-hydrogen) atoms. The van der Waals surface area contributed by atoms with Crippen molar-refractivity contribution < 1.29 is 23.4 Å². The molecule has 1 aliphatic rings. The van der Waals surface area contributed by atoms with E-state index >= 15 is 0 Å². The average Bonchev–Trinajstić information content (AvgIpc) is 3.57. The van der Waals surface area contributed by atoms with Gasteiger partial charge in [-0.1, -0.05) is 15.0 Å². The molecule has 0 saturated carbocycles. The lowest BCUT2D eigenvalue weighted by atomic mass is 10.2. The molecule has 1 fully saturated rings. The summed E-state index contributed by atoms with van der Waals surface area (Å²) in [4.78, 5) is 14.0.